The lowest BCUT2D eigenvalue weighted by Gasteiger charge is -2.14. The van der Waals surface area contributed by atoms with E-state index in [1.54, 1.807) is 17.8 Å². The number of carbonyl (C=O) groups excluding carboxylic acids is 1. The third kappa shape index (κ3) is 4.92. The highest BCUT2D eigenvalue weighted by molar-refractivity contribution is 7.99. The summed E-state index contributed by atoms with van der Waals surface area (Å²) in [6.07, 6.45) is 0. The van der Waals surface area contributed by atoms with Crippen LogP contribution in [0.25, 0.3) is 0 Å². The highest BCUT2D eigenvalue weighted by Crippen LogP contribution is 2.13. The number of carbonyl (C=O) groups is 1. The standard InChI is InChI=1S/C16H21NO2S/c1-4-20-11-12(2)17-16(19)15-9-5-7-14(13(15)3)8-6-10-18/h5,7,9,12,18H,4,10-11H2,1-3H3,(H,17,19). The van der Waals surface area contributed by atoms with Gasteiger partial charge in [0.2, 0.25) is 0 Å². The fourth-order valence-electron chi connectivity index (χ4n) is 1.79. The summed E-state index contributed by atoms with van der Waals surface area (Å²) in [7, 11) is 0. The SMILES string of the molecule is CCSCC(C)NC(=O)c1cccc(C#CCO)c1C. The Morgan fingerprint density at radius 3 is 2.90 bits per heavy atom. The minimum absolute atomic E-state index is 0.0700. The predicted molar refractivity (Wildman–Crippen MR) is 85.1 cm³/mol. The van der Waals surface area contributed by atoms with E-state index in [0.717, 1.165) is 22.6 Å². The van der Waals surface area contributed by atoms with E-state index in [2.05, 4.69) is 24.1 Å². The van der Waals surface area contributed by atoms with Gasteiger partial charge < -0.3 is 10.4 Å². The number of hydrogen-bond donors (Lipinski definition) is 2. The number of benzene rings is 1. The Balaban J connectivity index is 2.83. The summed E-state index contributed by atoms with van der Waals surface area (Å²) in [5.41, 5.74) is 2.27. The van der Waals surface area contributed by atoms with Gasteiger partial charge >= 0.3 is 0 Å². The van der Waals surface area contributed by atoms with Crippen LogP contribution in [0.1, 0.15) is 35.3 Å². The smallest absolute Gasteiger partial charge is 0.251 e. The summed E-state index contributed by atoms with van der Waals surface area (Å²) in [6.45, 7) is 5.81. The van der Waals surface area contributed by atoms with Crippen LogP contribution in [-0.4, -0.2) is 35.2 Å². The number of thioether (sulfide) groups is 1. The van der Waals surface area contributed by atoms with E-state index in [9.17, 15) is 4.79 Å². The fraction of sp³-hybridized carbons (Fsp3) is 0.438. The molecule has 1 atom stereocenters. The maximum Gasteiger partial charge on any atom is 0.251 e. The molecule has 0 spiro atoms. The highest BCUT2D eigenvalue weighted by Gasteiger charge is 2.13. The second kappa shape index (κ2) is 8.68. The van der Waals surface area contributed by atoms with Crippen molar-refractivity contribution in [3.05, 3.63) is 34.9 Å². The summed E-state index contributed by atoms with van der Waals surface area (Å²) in [5, 5.41) is 11.7. The lowest BCUT2D eigenvalue weighted by atomic mass is 10.0. The van der Waals surface area contributed by atoms with Crippen LogP contribution in [0.5, 0.6) is 0 Å². The normalized spacial score (nSPS) is 11.4. The molecule has 1 rings (SSSR count). The first-order valence-electron chi connectivity index (χ1n) is 6.68. The van der Waals surface area contributed by atoms with E-state index in [0.29, 0.717) is 5.56 Å². The molecule has 3 nitrogen and oxygen atoms in total. The first kappa shape index (κ1) is 16.6. The summed E-state index contributed by atoms with van der Waals surface area (Å²) in [4.78, 5) is 12.2. The molecular formula is C16H21NO2S. The minimum Gasteiger partial charge on any atom is -0.384 e. The van der Waals surface area contributed by atoms with Gasteiger partial charge in [0, 0.05) is 22.9 Å². The Kier molecular flexibility index (Phi) is 7.21. The number of hydrogen-bond acceptors (Lipinski definition) is 3. The number of aliphatic hydroxyl groups excluding tert-OH is 1. The first-order valence-corrected chi connectivity index (χ1v) is 7.83. The largest absolute Gasteiger partial charge is 0.384 e. The average Bonchev–Trinajstić information content (AvgIpc) is 2.43. The topological polar surface area (TPSA) is 49.3 Å². The lowest BCUT2D eigenvalue weighted by Crippen LogP contribution is -2.34. The van der Waals surface area contributed by atoms with Crippen LogP contribution in [-0.2, 0) is 0 Å². The quantitative estimate of drug-likeness (QED) is 0.818. The van der Waals surface area contributed by atoms with Gasteiger partial charge in [-0.25, -0.2) is 0 Å². The Morgan fingerprint density at radius 1 is 1.50 bits per heavy atom. The second-order valence-corrected chi connectivity index (χ2v) is 5.79. The maximum atomic E-state index is 12.2. The number of rotatable bonds is 5. The molecular weight excluding hydrogens is 270 g/mol. The van der Waals surface area contributed by atoms with Crippen molar-refractivity contribution in [3.63, 3.8) is 0 Å². The van der Waals surface area contributed by atoms with Crippen molar-refractivity contribution in [2.24, 2.45) is 0 Å². The summed E-state index contributed by atoms with van der Waals surface area (Å²) in [6, 6.07) is 5.60. The summed E-state index contributed by atoms with van der Waals surface area (Å²) >= 11 is 1.81. The first-order chi connectivity index (χ1) is 9.60. The number of amides is 1. The molecule has 0 bridgehead atoms. The van der Waals surface area contributed by atoms with E-state index in [4.69, 9.17) is 5.11 Å². The van der Waals surface area contributed by atoms with Gasteiger partial charge in [-0.3, -0.25) is 4.79 Å². The third-order valence-electron chi connectivity index (χ3n) is 2.83. The molecule has 1 aromatic carbocycles. The van der Waals surface area contributed by atoms with E-state index in [1.165, 1.54) is 0 Å². The fourth-order valence-corrected chi connectivity index (χ4v) is 2.46. The van der Waals surface area contributed by atoms with Crippen LogP contribution in [0, 0.1) is 18.8 Å². The molecule has 1 amide bonds. The minimum atomic E-state index is -0.179. The zero-order valence-corrected chi connectivity index (χ0v) is 13.0. The number of aliphatic hydroxyl groups is 1. The molecule has 0 aliphatic carbocycles. The molecule has 0 aromatic heterocycles. The van der Waals surface area contributed by atoms with Crippen LogP contribution in [0.2, 0.25) is 0 Å². The molecule has 1 aromatic rings. The Morgan fingerprint density at radius 2 is 2.25 bits per heavy atom. The maximum absolute atomic E-state index is 12.2. The zero-order valence-electron chi connectivity index (χ0n) is 12.2. The molecule has 0 saturated heterocycles. The Labute approximate surface area is 125 Å². The Hall–Kier alpha value is -1.44. The van der Waals surface area contributed by atoms with Crippen LogP contribution < -0.4 is 5.32 Å². The van der Waals surface area contributed by atoms with Gasteiger partial charge in [-0.1, -0.05) is 24.8 Å². The molecule has 4 heteroatoms. The molecule has 0 aliphatic rings. The van der Waals surface area contributed by atoms with Crippen molar-refractivity contribution in [2.75, 3.05) is 18.1 Å². The summed E-state index contributed by atoms with van der Waals surface area (Å²) < 4.78 is 0. The van der Waals surface area contributed by atoms with E-state index in [1.807, 2.05) is 26.0 Å². The predicted octanol–water partition coefficient (Wildman–Crippen LogP) is 2.21. The van der Waals surface area contributed by atoms with Crippen LogP contribution in [0.4, 0.5) is 0 Å². The average molecular weight is 291 g/mol. The monoisotopic (exact) mass is 291 g/mol. The van der Waals surface area contributed by atoms with E-state index in [-0.39, 0.29) is 18.6 Å². The van der Waals surface area contributed by atoms with Crippen LogP contribution in [0.15, 0.2) is 18.2 Å². The molecule has 0 radical (unpaired) electrons. The van der Waals surface area contributed by atoms with Gasteiger partial charge in [0.1, 0.15) is 6.61 Å². The third-order valence-corrected chi connectivity index (χ3v) is 3.97. The molecule has 0 fully saturated rings. The van der Waals surface area contributed by atoms with Crippen molar-refractivity contribution in [3.8, 4) is 11.8 Å². The van der Waals surface area contributed by atoms with Crippen molar-refractivity contribution in [1.29, 1.82) is 0 Å². The molecule has 108 valence electrons. The molecule has 1 unspecified atom stereocenters. The Bertz CT molecular complexity index is 517. The summed E-state index contributed by atoms with van der Waals surface area (Å²) in [5.74, 6) is 7.36. The van der Waals surface area contributed by atoms with Gasteiger partial charge in [-0.2, -0.15) is 11.8 Å². The second-order valence-electron chi connectivity index (χ2n) is 4.47. The van der Waals surface area contributed by atoms with Crippen molar-refractivity contribution >= 4 is 17.7 Å². The van der Waals surface area contributed by atoms with Gasteiger partial charge in [-0.15, -0.1) is 0 Å². The molecule has 0 heterocycles. The van der Waals surface area contributed by atoms with Crippen LogP contribution in [0.3, 0.4) is 0 Å². The van der Waals surface area contributed by atoms with Crippen molar-refractivity contribution in [2.45, 2.75) is 26.8 Å². The van der Waals surface area contributed by atoms with Crippen molar-refractivity contribution in [1.82, 2.24) is 5.32 Å². The molecule has 0 saturated carbocycles. The van der Waals surface area contributed by atoms with Gasteiger partial charge in [-0.05, 0) is 37.3 Å². The van der Waals surface area contributed by atoms with Gasteiger partial charge in [0.15, 0.2) is 0 Å². The van der Waals surface area contributed by atoms with Gasteiger partial charge in [0.05, 0.1) is 0 Å². The lowest BCUT2D eigenvalue weighted by molar-refractivity contribution is 0.0943. The molecule has 20 heavy (non-hydrogen) atoms. The highest BCUT2D eigenvalue weighted by atomic mass is 32.2. The van der Waals surface area contributed by atoms with Crippen molar-refractivity contribution < 1.29 is 9.90 Å². The van der Waals surface area contributed by atoms with E-state index >= 15 is 0 Å². The number of nitrogens with one attached hydrogen (secondary N) is 1. The molecule has 0 aliphatic heterocycles. The zero-order chi connectivity index (χ0) is 15.0. The van der Waals surface area contributed by atoms with Gasteiger partial charge in [0.25, 0.3) is 5.91 Å². The van der Waals surface area contributed by atoms with Crippen LogP contribution >= 0.6 is 11.8 Å². The van der Waals surface area contributed by atoms with E-state index < -0.39 is 0 Å². The molecule has 2 N–H and O–H groups in total.